The van der Waals surface area contributed by atoms with Crippen molar-refractivity contribution in [2.24, 2.45) is 0 Å². The highest BCUT2D eigenvalue weighted by atomic mass is 32.2. The zero-order chi connectivity index (χ0) is 24.0. The minimum absolute atomic E-state index is 0.0123. The second-order valence-corrected chi connectivity index (χ2v) is 9.79. The van der Waals surface area contributed by atoms with Gasteiger partial charge in [0.1, 0.15) is 17.6 Å². The highest BCUT2D eigenvalue weighted by Gasteiger charge is 2.42. The van der Waals surface area contributed by atoms with Gasteiger partial charge in [0.2, 0.25) is 5.91 Å². The van der Waals surface area contributed by atoms with E-state index in [0.29, 0.717) is 18.9 Å². The molecule has 1 heterocycles. The topological polar surface area (TPSA) is 82.1 Å². The van der Waals surface area contributed by atoms with Crippen LogP contribution in [0.5, 0.6) is 11.5 Å². The van der Waals surface area contributed by atoms with Crippen LogP contribution in [0.4, 0.5) is 0 Å². The molecule has 0 spiro atoms. The van der Waals surface area contributed by atoms with Crippen LogP contribution in [0.25, 0.3) is 0 Å². The third kappa shape index (κ3) is 6.66. The van der Waals surface area contributed by atoms with Crippen molar-refractivity contribution in [3.63, 3.8) is 0 Å². The van der Waals surface area contributed by atoms with E-state index in [9.17, 15) is 13.2 Å². The van der Waals surface area contributed by atoms with Crippen LogP contribution in [0.1, 0.15) is 17.5 Å². The molecule has 1 aliphatic heterocycles. The molecule has 0 N–H and O–H groups in total. The predicted molar refractivity (Wildman–Crippen MR) is 128 cm³/mol. The first-order chi connectivity index (χ1) is 16.4. The summed E-state index contributed by atoms with van der Waals surface area (Å²) in [6.45, 7) is 0.833. The molecular weight excluding hydrogens is 454 g/mol. The van der Waals surface area contributed by atoms with Crippen molar-refractivity contribution >= 4 is 16.0 Å². The zero-order valence-corrected chi connectivity index (χ0v) is 19.7. The molecular formula is C26H27NO6S. The number of para-hydroxylation sites is 1. The number of hydrogen-bond acceptors (Lipinski definition) is 6. The molecule has 0 saturated carbocycles. The van der Waals surface area contributed by atoms with E-state index in [2.05, 4.69) is 0 Å². The second-order valence-electron chi connectivity index (χ2n) is 8.19. The Hall–Kier alpha value is -3.20. The molecule has 4 rings (SSSR count). The van der Waals surface area contributed by atoms with Gasteiger partial charge in [0.05, 0.1) is 31.9 Å². The standard InChI is InChI=1S/C26H27NO6S/c1-34(29,30)33-25-16-26(28)27(24(25)19-31-18-21-8-4-2-5-9-21)17-20-12-14-23(15-13-20)32-22-10-6-3-7-11-22/h2-15,24-25H,16-19H2,1H3/t24-,25-/m0/s1. The molecule has 0 bridgehead atoms. The number of ether oxygens (including phenoxy) is 2. The van der Waals surface area contributed by atoms with Crippen LogP contribution in [-0.4, -0.2) is 44.2 Å². The molecule has 0 aliphatic carbocycles. The quantitative estimate of drug-likeness (QED) is 0.405. The maximum atomic E-state index is 12.8. The Balaban J connectivity index is 1.44. The van der Waals surface area contributed by atoms with Crippen LogP contribution in [0.3, 0.4) is 0 Å². The zero-order valence-electron chi connectivity index (χ0n) is 18.9. The maximum Gasteiger partial charge on any atom is 0.264 e. The van der Waals surface area contributed by atoms with E-state index in [0.717, 1.165) is 23.1 Å². The Bertz CT molecular complexity index is 1180. The van der Waals surface area contributed by atoms with Crippen molar-refractivity contribution in [1.29, 1.82) is 0 Å². The van der Waals surface area contributed by atoms with Gasteiger partial charge >= 0.3 is 0 Å². The van der Waals surface area contributed by atoms with E-state index >= 15 is 0 Å². The van der Waals surface area contributed by atoms with Gasteiger partial charge in [-0.15, -0.1) is 0 Å². The summed E-state index contributed by atoms with van der Waals surface area (Å²) in [5, 5.41) is 0. The Morgan fingerprint density at radius 3 is 2.12 bits per heavy atom. The minimum Gasteiger partial charge on any atom is -0.457 e. The SMILES string of the molecule is CS(=O)(=O)O[C@H]1CC(=O)N(Cc2ccc(Oc3ccccc3)cc2)[C@H]1COCc1ccccc1. The molecule has 178 valence electrons. The highest BCUT2D eigenvalue weighted by molar-refractivity contribution is 7.86. The molecule has 7 nitrogen and oxygen atoms in total. The van der Waals surface area contributed by atoms with Gasteiger partial charge in [-0.05, 0) is 35.4 Å². The summed E-state index contributed by atoms with van der Waals surface area (Å²) < 4.78 is 40.5. The lowest BCUT2D eigenvalue weighted by Gasteiger charge is -2.27. The summed E-state index contributed by atoms with van der Waals surface area (Å²) in [4.78, 5) is 14.4. The molecule has 0 radical (unpaired) electrons. The number of nitrogens with zero attached hydrogens (tertiary/aromatic N) is 1. The van der Waals surface area contributed by atoms with Crippen LogP contribution in [0, 0.1) is 0 Å². The summed E-state index contributed by atoms with van der Waals surface area (Å²) >= 11 is 0. The molecule has 0 aromatic heterocycles. The van der Waals surface area contributed by atoms with Gasteiger partial charge in [0.15, 0.2) is 0 Å². The Labute approximate surface area is 200 Å². The molecule has 2 atom stereocenters. The molecule has 34 heavy (non-hydrogen) atoms. The third-order valence-electron chi connectivity index (χ3n) is 5.48. The van der Waals surface area contributed by atoms with E-state index < -0.39 is 22.3 Å². The van der Waals surface area contributed by atoms with Gasteiger partial charge in [-0.2, -0.15) is 8.42 Å². The first-order valence-corrected chi connectivity index (χ1v) is 12.8. The Morgan fingerprint density at radius 1 is 0.853 bits per heavy atom. The van der Waals surface area contributed by atoms with Crippen molar-refractivity contribution in [2.45, 2.75) is 31.7 Å². The highest BCUT2D eigenvalue weighted by Crippen LogP contribution is 2.28. The summed E-state index contributed by atoms with van der Waals surface area (Å²) in [6.07, 6.45) is 0.189. The van der Waals surface area contributed by atoms with Crippen molar-refractivity contribution in [1.82, 2.24) is 4.90 Å². The van der Waals surface area contributed by atoms with E-state index in [1.165, 1.54) is 0 Å². The van der Waals surface area contributed by atoms with Gasteiger partial charge in [-0.1, -0.05) is 60.7 Å². The second kappa shape index (κ2) is 10.8. The number of benzene rings is 3. The third-order valence-corrected chi connectivity index (χ3v) is 6.08. The van der Waals surface area contributed by atoms with Gasteiger partial charge in [-0.3, -0.25) is 8.98 Å². The average Bonchev–Trinajstić information content (AvgIpc) is 3.09. The maximum absolute atomic E-state index is 12.8. The Kier molecular flexibility index (Phi) is 7.62. The number of rotatable bonds is 10. The molecule has 3 aromatic rings. The van der Waals surface area contributed by atoms with E-state index in [1.54, 1.807) is 4.90 Å². The fourth-order valence-corrected chi connectivity index (χ4v) is 4.54. The van der Waals surface area contributed by atoms with Gasteiger partial charge in [0, 0.05) is 6.54 Å². The number of amides is 1. The van der Waals surface area contributed by atoms with E-state index in [1.807, 2.05) is 84.9 Å². The Morgan fingerprint density at radius 2 is 1.47 bits per heavy atom. The van der Waals surface area contributed by atoms with Gasteiger partial charge in [-0.25, -0.2) is 0 Å². The van der Waals surface area contributed by atoms with Crippen LogP contribution < -0.4 is 4.74 Å². The van der Waals surface area contributed by atoms with E-state index in [4.69, 9.17) is 13.7 Å². The molecule has 8 heteroatoms. The summed E-state index contributed by atoms with van der Waals surface area (Å²) in [5.74, 6) is 1.25. The smallest absolute Gasteiger partial charge is 0.264 e. The summed E-state index contributed by atoms with van der Waals surface area (Å²) in [6, 6.07) is 26.1. The number of carbonyl (C=O) groups excluding carboxylic acids is 1. The summed E-state index contributed by atoms with van der Waals surface area (Å²) in [7, 11) is -3.72. The molecule has 1 fully saturated rings. The fourth-order valence-electron chi connectivity index (χ4n) is 3.89. The first kappa shape index (κ1) is 23.9. The van der Waals surface area contributed by atoms with Crippen LogP contribution in [0.2, 0.25) is 0 Å². The fraction of sp³-hybridized carbons (Fsp3) is 0.269. The molecule has 3 aromatic carbocycles. The van der Waals surface area contributed by atoms with Crippen molar-refractivity contribution in [3.8, 4) is 11.5 Å². The van der Waals surface area contributed by atoms with Crippen molar-refractivity contribution < 1.29 is 26.9 Å². The molecule has 0 unspecified atom stereocenters. The van der Waals surface area contributed by atoms with Crippen LogP contribution in [0.15, 0.2) is 84.9 Å². The van der Waals surface area contributed by atoms with Gasteiger partial charge < -0.3 is 14.4 Å². The minimum atomic E-state index is -3.72. The predicted octanol–water partition coefficient (Wildman–Crippen LogP) is 4.14. The van der Waals surface area contributed by atoms with Gasteiger partial charge in [0.25, 0.3) is 10.1 Å². The molecule has 1 aliphatic rings. The number of hydrogen-bond donors (Lipinski definition) is 0. The lowest BCUT2D eigenvalue weighted by Crippen LogP contribution is -2.41. The average molecular weight is 482 g/mol. The largest absolute Gasteiger partial charge is 0.457 e. The first-order valence-electron chi connectivity index (χ1n) is 11.0. The normalized spacial score (nSPS) is 18.3. The lowest BCUT2D eigenvalue weighted by molar-refractivity contribution is -0.130. The number of likely N-dealkylation sites (tertiary alicyclic amines) is 1. The molecule has 1 saturated heterocycles. The lowest BCUT2D eigenvalue weighted by atomic mass is 10.1. The van der Waals surface area contributed by atoms with Crippen molar-refractivity contribution in [2.75, 3.05) is 12.9 Å². The number of carbonyl (C=O) groups is 1. The van der Waals surface area contributed by atoms with Crippen LogP contribution in [-0.2, 0) is 37.0 Å². The van der Waals surface area contributed by atoms with E-state index in [-0.39, 0.29) is 18.9 Å². The van der Waals surface area contributed by atoms with Crippen LogP contribution >= 0.6 is 0 Å². The summed E-state index contributed by atoms with van der Waals surface area (Å²) in [5.41, 5.74) is 1.88. The monoisotopic (exact) mass is 481 g/mol. The van der Waals surface area contributed by atoms with Crippen molar-refractivity contribution in [3.05, 3.63) is 96.1 Å². The molecule has 1 amide bonds.